The SMILES string of the molecule is O[C@H](c1ccccn1)C1CCN(Cc2ccsc2)CC1. The molecule has 3 heterocycles. The average Bonchev–Trinajstić information content (AvgIpc) is 3.01. The van der Waals surface area contributed by atoms with Crippen LogP contribution < -0.4 is 0 Å². The smallest absolute Gasteiger partial charge is 0.0988 e. The Labute approximate surface area is 123 Å². The van der Waals surface area contributed by atoms with E-state index in [0.717, 1.165) is 38.2 Å². The van der Waals surface area contributed by atoms with Crippen molar-refractivity contribution in [1.82, 2.24) is 9.88 Å². The summed E-state index contributed by atoms with van der Waals surface area (Å²) in [5, 5.41) is 14.8. The lowest BCUT2D eigenvalue weighted by atomic mass is 9.89. The van der Waals surface area contributed by atoms with E-state index in [0.29, 0.717) is 5.92 Å². The van der Waals surface area contributed by atoms with Crippen LogP contribution >= 0.6 is 11.3 Å². The molecule has 0 spiro atoms. The number of aliphatic hydroxyl groups is 1. The largest absolute Gasteiger partial charge is 0.387 e. The zero-order chi connectivity index (χ0) is 13.8. The van der Waals surface area contributed by atoms with Crippen LogP contribution in [0.15, 0.2) is 41.2 Å². The normalized spacial score (nSPS) is 19.1. The van der Waals surface area contributed by atoms with Gasteiger partial charge >= 0.3 is 0 Å². The number of hydrogen-bond acceptors (Lipinski definition) is 4. The Balaban J connectivity index is 1.53. The summed E-state index contributed by atoms with van der Waals surface area (Å²) in [6.45, 7) is 3.16. The maximum Gasteiger partial charge on any atom is 0.0988 e. The predicted octanol–water partition coefficient (Wildman–Crippen LogP) is 3.09. The summed E-state index contributed by atoms with van der Waals surface area (Å²) in [4.78, 5) is 6.75. The van der Waals surface area contributed by atoms with Gasteiger partial charge in [-0.2, -0.15) is 11.3 Å². The maximum atomic E-state index is 10.4. The van der Waals surface area contributed by atoms with Crippen molar-refractivity contribution in [3.63, 3.8) is 0 Å². The van der Waals surface area contributed by atoms with E-state index in [1.165, 1.54) is 5.56 Å². The van der Waals surface area contributed by atoms with Gasteiger partial charge in [0.15, 0.2) is 0 Å². The van der Waals surface area contributed by atoms with E-state index in [1.807, 2.05) is 18.2 Å². The van der Waals surface area contributed by atoms with Crippen molar-refractivity contribution in [3.8, 4) is 0 Å². The van der Waals surface area contributed by atoms with Crippen LogP contribution in [-0.4, -0.2) is 28.1 Å². The first kappa shape index (κ1) is 13.7. The van der Waals surface area contributed by atoms with Gasteiger partial charge in [0.25, 0.3) is 0 Å². The zero-order valence-electron chi connectivity index (χ0n) is 11.5. The molecule has 2 aromatic heterocycles. The average molecular weight is 288 g/mol. The molecule has 0 unspecified atom stereocenters. The standard InChI is InChI=1S/C16H20N2OS/c19-16(15-3-1-2-7-17-15)14-4-8-18(9-5-14)11-13-6-10-20-12-13/h1-3,6-7,10,12,14,16,19H,4-5,8-9,11H2/t16-/m0/s1. The van der Waals surface area contributed by atoms with Gasteiger partial charge in [0.1, 0.15) is 0 Å². The van der Waals surface area contributed by atoms with Gasteiger partial charge in [0.05, 0.1) is 11.8 Å². The van der Waals surface area contributed by atoms with Gasteiger partial charge in [-0.15, -0.1) is 0 Å². The van der Waals surface area contributed by atoms with Crippen LogP contribution in [-0.2, 0) is 6.54 Å². The highest BCUT2D eigenvalue weighted by Gasteiger charge is 2.26. The Morgan fingerprint density at radius 3 is 2.80 bits per heavy atom. The van der Waals surface area contributed by atoms with Crippen LogP contribution in [0.3, 0.4) is 0 Å². The zero-order valence-corrected chi connectivity index (χ0v) is 12.3. The summed E-state index contributed by atoms with van der Waals surface area (Å²) < 4.78 is 0. The lowest BCUT2D eigenvalue weighted by Crippen LogP contribution is -2.35. The third-order valence-electron chi connectivity index (χ3n) is 4.06. The first-order valence-corrected chi connectivity index (χ1v) is 8.09. The molecule has 0 amide bonds. The maximum absolute atomic E-state index is 10.4. The fourth-order valence-corrected chi connectivity index (χ4v) is 3.52. The Morgan fingerprint density at radius 2 is 2.15 bits per heavy atom. The van der Waals surface area contributed by atoms with Crippen molar-refractivity contribution in [2.24, 2.45) is 5.92 Å². The van der Waals surface area contributed by atoms with Gasteiger partial charge in [-0.3, -0.25) is 9.88 Å². The third kappa shape index (κ3) is 3.26. The summed E-state index contributed by atoms with van der Waals surface area (Å²) in [6, 6.07) is 7.94. The molecule has 0 bridgehead atoms. The number of aliphatic hydroxyl groups excluding tert-OH is 1. The first-order valence-electron chi connectivity index (χ1n) is 7.15. The number of likely N-dealkylation sites (tertiary alicyclic amines) is 1. The molecule has 1 N–H and O–H groups in total. The van der Waals surface area contributed by atoms with E-state index in [4.69, 9.17) is 0 Å². The minimum Gasteiger partial charge on any atom is -0.387 e. The van der Waals surface area contributed by atoms with E-state index in [1.54, 1.807) is 17.5 Å². The summed E-state index contributed by atoms with van der Waals surface area (Å²) in [5.74, 6) is 0.337. The minimum atomic E-state index is -0.417. The van der Waals surface area contributed by atoms with Crippen molar-refractivity contribution in [1.29, 1.82) is 0 Å². The molecule has 1 aliphatic rings. The summed E-state index contributed by atoms with van der Waals surface area (Å²) >= 11 is 1.76. The molecule has 2 aromatic rings. The van der Waals surface area contributed by atoms with Gasteiger partial charge in [-0.05, 0) is 66.4 Å². The second kappa shape index (κ2) is 6.48. The molecule has 3 nitrogen and oxygen atoms in total. The van der Waals surface area contributed by atoms with Crippen molar-refractivity contribution in [2.75, 3.05) is 13.1 Å². The predicted molar refractivity (Wildman–Crippen MR) is 81.5 cm³/mol. The number of piperidine rings is 1. The quantitative estimate of drug-likeness (QED) is 0.939. The van der Waals surface area contributed by atoms with Crippen LogP contribution in [0.25, 0.3) is 0 Å². The Morgan fingerprint density at radius 1 is 1.30 bits per heavy atom. The second-order valence-electron chi connectivity index (χ2n) is 5.44. The highest BCUT2D eigenvalue weighted by molar-refractivity contribution is 7.07. The molecule has 1 fully saturated rings. The molecule has 0 aliphatic carbocycles. The van der Waals surface area contributed by atoms with E-state index >= 15 is 0 Å². The van der Waals surface area contributed by atoms with Gasteiger partial charge in [-0.25, -0.2) is 0 Å². The fourth-order valence-electron chi connectivity index (χ4n) is 2.86. The van der Waals surface area contributed by atoms with Gasteiger partial charge in [-0.1, -0.05) is 6.07 Å². The van der Waals surface area contributed by atoms with Crippen LogP contribution in [0.5, 0.6) is 0 Å². The lowest BCUT2D eigenvalue weighted by molar-refractivity contribution is 0.0540. The van der Waals surface area contributed by atoms with Crippen LogP contribution in [0.4, 0.5) is 0 Å². The summed E-state index contributed by atoms with van der Waals surface area (Å²) in [5.41, 5.74) is 2.21. The number of aromatic nitrogens is 1. The summed E-state index contributed by atoms with van der Waals surface area (Å²) in [7, 11) is 0. The molecule has 3 rings (SSSR count). The molecule has 1 aliphatic heterocycles. The van der Waals surface area contributed by atoms with Crippen LogP contribution in [0, 0.1) is 5.92 Å². The molecular weight excluding hydrogens is 268 g/mol. The van der Waals surface area contributed by atoms with Crippen LogP contribution in [0.2, 0.25) is 0 Å². The molecule has 4 heteroatoms. The first-order chi connectivity index (χ1) is 9.83. The van der Waals surface area contributed by atoms with Gasteiger partial charge in [0, 0.05) is 12.7 Å². The molecule has 1 saturated heterocycles. The Kier molecular flexibility index (Phi) is 4.45. The highest BCUT2D eigenvalue weighted by Crippen LogP contribution is 2.30. The number of nitrogens with zero attached hydrogens (tertiary/aromatic N) is 2. The monoisotopic (exact) mass is 288 g/mol. The van der Waals surface area contributed by atoms with E-state index in [-0.39, 0.29) is 0 Å². The molecule has 0 aromatic carbocycles. The molecule has 0 saturated carbocycles. The second-order valence-corrected chi connectivity index (χ2v) is 6.22. The van der Waals surface area contributed by atoms with Crippen LogP contribution in [0.1, 0.15) is 30.2 Å². The number of pyridine rings is 1. The van der Waals surface area contributed by atoms with Crippen molar-refractivity contribution >= 4 is 11.3 Å². The van der Waals surface area contributed by atoms with E-state index in [9.17, 15) is 5.11 Å². The van der Waals surface area contributed by atoms with Crippen molar-refractivity contribution < 1.29 is 5.11 Å². The van der Waals surface area contributed by atoms with Crippen molar-refractivity contribution in [3.05, 3.63) is 52.5 Å². The molecule has 1 atom stereocenters. The van der Waals surface area contributed by atoms with E-state index in [2.05, 4.69) is 26.7 Å². The molecular formula is C16H20N2OS. The topological polar surface area (TPSA) is 36.4 Å². The number of rotatable bonds is 4. The van der Waals surface area contributed by atoms with Crippen molar-refractivity contribution in [2.45, 2.75) is 25.5 Å². The van der Waals surface area contributed by atoms with Gasteiger partial charge in [0.2, 0.25) is 0 Å². The Bertz CT molecular complexity index is 507. The third-order valence-corrected chi connectivity index (χ3v) is 4.79. The van der Waals surface area contributed by atoms with E-state index < -0.39 is 6.10 Å². The lowest BCUT2D eigenvalue weighted by Gasteiger charge is -2.33. The highest BCUT2D eigenvalue weighted by atomic mass is 32.1. The number of hydrogen-bond donors (Lipinski definition) is 1. The molecule has 106 valence electrons. The molecule has 20 heavy (non-hydrogen) atoms. The Hall–Kier alpha value is -1.23. The molecule has 0 radical (unpaired) electrons. The fraction of sp³-hybridized carbons (Fsp3) is 0.438. The number of thiophene rings is 1. The minimum absolute atomic E-state index is 0.337. The summed E-state index contributed by atoms with van der Waals surface area (Å²) in [6.07, 6.45) is 3.42. The van der Waals surface area contributed by atoms with Gasteiger partial charge < -0.3 is 5.11 Å².